The van der Waals surface area contributed by atoms with Gasteiger partial charge in [0.25, 0.3) is 0 Å². The zero-order chi connectivity index (χ0) is 13.1. The smallest absolute Gasteiger partial charge is 0.191 e. The molecular weight excluding hydrogens is 238 g/mol. The van der Waals surface area contributed by atoms with Gasteiger partial charge in [-0.05, 0) is 37.0 Å². The van der Waals surface area contributed by atoms with E-state index in [1.54, 1.807) is 0 Å². The van der Waals surface area contributed by atoms with Crippen molar-refractivity contribution in [2.75, 3.05) is 0 Å². The number of rotatable bonds is 3. The van der Waals surface area contributed by atoms with Crippen LogP contribution in [0.25, 0.3) is 0 Å². The summed E-state index contributed by atoms with van der Waals surface area (Å²) in [6.07, 6.45) is 3.67. The fourth-order valence-electron chi connectivity index (χ4n) is 2.48. The van der Waals surface area contributed by atoms with Gasteiger partial charge in [0.15, 0.2) is 17.4 Å². The topological polar surface area (TPSA) is 37.3 Å². The number of carbonyl (C=O) groups excluding carboxylic acids is 1. The molecule has 1 aliphatic carbocycles. The van der Waals surface area contributed by atoms with E-state index in [4.69, 9.17) is 0 Å². The molecule has 1 aliphatic rings. The van der Waals surface area contributed by atoms with Gasteiger partial charge in [-0.2, -0.15) is 0 Å². The number of aliphatic hydroxyl groups excluding tert-OH is 1. The average molecular weight is 254 g/mol. The quantitative estimate of drug-likeness (QED) is 0.842. The van der Waals surface area contributed by atoms with Crippen molar-refractivity contribution >= 4 is 5.78 Å². The Hall–Kier alpha value is -1.29. The predicted molar refractivity (Wildman–Crippen MR) is 63.3 cm³/mol. The maximum Gasteiger partial charge on any atom is 0.191 e. The normalized spacial score (nSPS) is 18.6. The standard InChI is InChI=1S/C14H16F2O2/c15-11-7-6-10(8-12(11)16)14(18)13(17)9-4-2-1-3-5-9/h6-9,13,17H,1-5H2. The molecule has 1 saturated carbocycles. The van der Waals surface area contributed by atoms with Crippen LogP contribution < -0.4 is 0 Å². The number of benzene rings is 1. The van der Waals surface area contributed by atoms with Crippen molar-refractivity contribution in [3.8, 4) is 0 Å². The van der Waals surface area contributed by atoms with Crippen LogP contribution in [0.2, 0.25) is 0 Å². The first-order chi connectivity index (χ1) is 8.59. The Morgan fingerprint density at radius 1 is 1.17 bits per heavy atom. The van der Waals surface area contributed by atoms with Crippen molar-refractivity contribution in [2.45, 2.75) is 38.2 Å². The number of carbonyl (C=O) groups is 1. The highest BCUT2D eigenvalue weighted by Crippen LogP contribution is 2.28. The van der Waals surface area contributed by atoms with E-state index in [0.29, 0.717) is 0 Å². The van der Waals surface area contributed by atoms with Crippen molar-refractivity contribution in [3.05, 3.63) is 35.4 Å². The molecule has 98 valence electrons. The first-order valence-corrected chi connectivity index (χ1v) is 6.27. The Balaban J connectivity index is 2.11. The zero-order valence-corrected chi connectivity index (χ0v) is 10.0. The molecule has 1 atom stereocenters. The largest absolute Gasteiger partial charge is 0.385 e. The van der Waals surface area contributed by atoms with Crippen molar-refractivity contribution < 1.29 is 18.7 Å². The third-order valence-corrected chi connectivity index (χ3v) is 3.57. The summed E-state index contributed by atoms with van der Waals surface area (Å²) in [5, 5.41) is 9.99. The van der Waals surface area contributed by atoms with Gasteiger partial charge in [0.05, 0.1) is 0 Å². The summed E-state index contributed by atoms with van der Waals surface area (Å²) >= 11 is 0. The predicted octanol–water partition coefficient (Wildman–Crippen LogP) is 3.09. The van der Waals surface area contributed by atoms with Crippen LogP contribution >= 0.6 is 0 Å². The maximum absolute atomic E-state index is 13.0. The van der Waals surface area contributed by atoms with Crippen LogP contribution in [0.1, 0.15) is 42.5 Å². The molecule has 0 spiro atoms. The van der Waals surface area contributed by atoms with Gasteiger partial charge in [-0.3, -0.25) is 4.79 Å². The number of hydrogen-bond donors (Lipinski definition) is 1. The SMILES string of the molecule is O=C(c1ccc(F)c(F)c1)C(O)C1CCCCC1. The van der Waals surface area contributed by atoms with E-state index in [9.17, 15) is 18.7 Å². The van der Waals surface area contributed by atoms with E-state index in [0.717, 1.165) is 44.2 Å². The van der Waals surface area contributed by atoms with E-state index >= 15 is 0 Å². The lowest BCUT2D eigenvalue weighted by atomic mass is 9.82. The summed E-state index contributed by atoms with van der Waals surface area (Å²) in [7, 11) is 0. The first kappa shape index (κ1) is 13.1. The fourth-order valence-corrected chi connectivity index (χ4v) is 2.48. The molecule has 2 rings (SSSR count). The van der Waals surface area contributed by atoms with E-state index in [1.165, 1.54) is 6.07 Å². The molecule has 1 fully saturated rings. The van der Waals surface area contributed by atoms with Crippen LogP contribution in [0, 0.1) is 17.6 Å². The number of ketones is 1. The second kappa shape index (κ2) is 5.57. The van der Waals surface area contributed by atoms with Crippen molar-refractivity contribution in [3.63, 3.8) is 0 Å². The Bertz CT molecular complexity index is 439. The Kier molecular flexibility index (Phi) is 4.07. The number of halogens is 2. The molecule has 0 saturated heterocycles. The number of Topliss-reactive ketones (excluding diaryl/α,β-unsaturated/α-hetero) is 1. The molecule has 4 heteroatoms. The third-order valence-electron chi connectivity index (χ3n) is 3.57. The minimum atomic E-state index is -1.10. The monoisotopic (exact) mass is 254 g/mol. The second-order valence-electron chi connectivity index (χ2n) is 4.84. The minimum absolute atomic E-state index is 0.0342. The summed E-state index contributed by atoms with van der Waals surface area (Å²) in [5.74, 6) is -2.62. The highest BCUT2D eigenvalue weighted by atomic mass is 19.2. The molecule has 1 aromatic carbocycles. The lowest BCUT2D eigenvalue weighted by molar-refractivity contribution is 0.0534. The van der Waals surface area contributed by atoms with Gasteiger partial charge in [-0.25, -0.2) is 8.78 Å². The average Bonchev–Trinajstić information content (AvgIpc) is 2.41. The molecule has 0 radical (unpaired) electrons. The van der Waals surface area contributed by atoms with E-state index in [-0.39, 0.29) is 11.5 Å². The van der Waals surface area contributed by atoms with Crippen molar-refractivity contribution in [1.29, 1.82) is 0 Å². The number of aliphatic hydroxyl groups is 1. The van der Waals surface area contributed by atoms with E-state index in [1.807, 2.05) is 0 Å². The lowest BCUT2D eigenvalue weighted by Crippen LogP contribution is -2.31. The fraction of sp³-hybridized carbons (Fsp3) is 0.500. The minimum Gasteiger partial charge on any atom is -0.385 e. The summed E-state index contributed by atoms with van der Waals surface area (Å²) in [5.41, 5.74) is 0.0342. The molecule has 1 N–H and O–H groups in total. The maximum atomic E-state index is 13.0. The first-order valence-electron chi connectivity index (χ1n) is 6.27. The Morgan fingerprint density at radius 2 is 1.83 bits per heavy atom. The molecule has 0 amide bonds. The van der Waals surface area contributed by atoms with Gasteiger partial charge in [-0.1, -0.05) is 19.3 Å². The second-order valence-corrected chi connectivity index (χ2v) is 4.84. The van der Waals surface area contributed by atoms with E-state index < -0.39 is 23.5 Å². The summed E-state index contributed by atoms with van der Waals surface area (Å²) in [6, 6.07) is 2.98. The summed E-state index contributed by atoms with van der Waals surface area (Å²) in [4.78, 5) is 12.0. The van der Waals surface area contributed by atoms with Crippen molar-refractivity contribution in [2.24, 2.45) is 5.92 Å². The highest BCUT2D eigenvalue weighted by molar-refractivity contribution is 5.99. The molecule has 0 aliphatic heterocycles. The van der Waals surface area contributed by atoms with Crippen LogP contribution in [0.5, 0.6) is 0 Å². The highest BCUT2D eigenvalue weighted by Gasteiger charge is 2.28. The molecule has 2 nitrogen and oxygen atoms in total. The van der Waals surface area contributed by atoms with E-state index in [2.05, 4.69) is 0 Å². The number of hydrogen-bond acceptors (Lipinski definition) is 2. The van der Waals surface area contributed by atoms with Crippen LogP contribution in [0.3, 0.4) is 0 Å². The molecule has 1 aromatic rings. The molecular formula is C14H16F2O2. The van der Waals surface area contributed by atoms with Crippen LogP contribution in [0.15, 0.2) is 18.2 Å². The van der Waals surface area contributed by atoms with Gasteiger partial charge in [0.1, 0.15) is 6.10 Å². The Morgan fingerprint density at radius 3 is 2.44 bits per heavy atom. The van der Waals surface area contributed by atoms with Gasteiger partial charge in [-0.15, -0.1) is 0 Å². The molecule has 0 heterocycles. The molecule has 18 heavy (non-hydrogen) atoms. The zero-order valence-electron chi connectivity index (χ0n) is 10.0. The van der Waals surface area contributed by atoms with Crippen LogP contribution in [-0.4, -0.2) is 17.0 Å². The Labute approximate surface area is 105 Å². The summed E-state index contributed by atoms with van der Waals surface area (Å²) < 4.78 is 25.8. The van der Waals surface area contributed by atoms with Gasteiger partial charge >= 0.3 is 0 Å². The van der Waals surface area contributed by atoms with Crippen LogP contribution in [-0.2, 0) is 0 Å². The van der Waals surface area contributed by atoms with Crippen molar-refractivity contribution in [1.82, 2.24) is 0 Å². The molecule has 1 unspecified atom stereocenters. The molecule has 0 bridgehead atoms. The lowest BCUT2D eigenvalue weighted by Gasteiger charge is -2.25. The third kappa shape index (κ3) is 2.75. The van der Waals surface area contributed by atoms with Gasteiger partial charge < -0.3 is 5.11 Å². The van der Waals surface area contributed by atoms with Gasteiger partial charge in [0, 0.05) is 5.56 Å². The van der Waals surface area contributed by atoms with Crippen LogP contribution in [0.4, 0.5) is 8.78 Å². The van der Waals surface area contributed by atoms with Gasteiger partial charge in [0.2, 0.25) is 0 Å². The summed E-state index contributed by atoms with van der Waals surface area (Å²) in [6.45, 7) is 0. The molecule has 0 aromatic heterocycles.